The van der Waals surface area contributed by atoms with Crippen molar-refractivity contribution >= 4 is 9.84 Å². The van der Waals surface area contributed by atoms with Crippen molar-refractivity contribution in [3.05, 3.63) is 12.4 Å². The first-order chi connectivity index (χ1) is 7.84. The minimum Gasteiger partial charge on any atom is -0.312 e. The van der Waals surface area contributed by atoms with Crippen LogP contribution in [0.15, 0.2) is 17.3 Å². The lowest BCUT2D eigenvalue weighted by atomic mass is 10.0. The summed E-state index contributed by atoms with van der Waals surface area (Å²) in [5.41, 5.74) is 0. The van der Waals surface area contributed by atoms with Crippen molar-refractivity contribution in [1.29, 1.82) is 0 Å². The predicted molar refractivity (Wildman–Crippen MR) is 67.6 cm³/mol. The van der Waals surface area contributed by atoms with Gasteiger partial charge in [0.05, 0.1) is 12.7 Å². The maximum atomic E-state index is 11.3. The summed E-state index contributed by atoms with van der Waals surface area (Å²) in [7, 11) is -3.15. The maximum absolute atomic E-state index is 11.3. The Morgan fingerprint density at radius 1 is 1.47 bits per heavy atom. The monoisotopic (exact) mass is 259 g/mol. The Hall–Kier alpha value is -0.880. The third kappa shape index (κ3) is 4.12. The van der Waals surface area contributed by atoms with E-state index in [1.54, 1.807) is 10.9 Å². The largest absolute Gasteiger partial charge is 0.312 e. The van der Waals surface area contributed by atoms with Gasteiger partial charge in [-0.05, 0) is 12.5 Å². The zero-order valence-electron chi connectivity index (χ0n) is 10.8. The topological polar surface area (TPSA) is 64.0 Å². The fourth-order valence-corrected chi connectivity index (χ4v) is 2.16. The van der Waals surface area contributed by atoms with Crippen molar-refractivity contribution in [2.24, 2.45) is 5.92 Å². The SMILES string of the molecule is CCNC(Cn1cc(S(C)(=O)=O)cn1)C(C)C. The Morgan fingerprint density at radius 3 is 2.53 bits per heavy atom. The zero-order chi connectivity index (χ0) is 13.1. The van der Waals surface area contributed by atoms with Crippen LogP contribution in [0.25, 0.3) is 0 Å². The fraction of sp³-hybridized carbons (Fsp3) is 0.727. The third-order valence-corrected chi connectivity index (χ3v) is 3.76. The second kappa shape index (κ2) is 5.64. The molecule has 1 heterocycles. The number of likely N-dealkylation sites (N-methyl/N-ethyl adjacent to an activating group) is 1. The molecular formula is C11H21N3O2S. The van der Waals surface area contributed by atoms with Crippen LogP contribution in [0.4, 0.5) is 0 Å². The van der Waals surface area contributed by atoms with Crippen LogP contribution >= 0.6 is 0 Å². The van der Waals surface area contributed by atoms with Gasteiger partial charge < -0.3 is 5.32 Å². The summed E-state index contributed by atoms with van der Waals surface area (Å²) in [6.07, 6.45) is 4.18. The molecule has 1 N–H and O–H groups in total. The second-order valence-corrected chi connectivity index (χ2v) is 6.59. The van der Waals surface area contributed by atoms with E-state index in [2.05, 4.69) is 31.2 Å². The number of nitrogens with one attached hydrogen (secondary N) is 1. The van der Waals surface area contributed by atoms with E-state index in [0.29, 0.717) is 18.5 Å². The average molecular weight is 259 g/mol. The molecule has 1 atom stereocenters. The average Bonchev–Trinajstić information content (AvgIpc) is 2.64. The highest BCUT2D eigenvalue weighted by Gasteiger charge is 2.15. The van der Waals surface area contributed by atoms with Crippen LogP contribution in [0.3, 0.4) is 0 Å². The van der Waals surface area contributed by atoms with E-state index in [1.165, 1.54) is 12.5 Å². The molecule has 0 aliphatic heterocycles. The number of rotatable bonds is 6. The zero-order valence-corrected chi connectivity index (χ0v) is 11.7. The number of hydrogen-bond acceptors (Lipinski definition) is 4. The van der Waals surface area contributed by atoms with E-state index in [0.717, 1.165) is 6.54 Å². The maximum Gasteiger partial charge on any atom is 0.178 e. The standard InChI is InChI=1S/C11H21N3O2S/c1-5-12-11(9(2)3)8-14-7-10(6-13-14)17(4,15)16/h6-7,9,11-12H,5,8H2,1-4H3. The Labute approximate surface area is 103 Å². The third-order valence-electron chi connectivity index (χ3n) is 2.69. The van der Waals surface area contributed by atoms with Crippen LogP contribution in [0, 0.1) is 5.92 Å². The van der Waals surface area contributed by atoms with Gasteiger partial charge in [0.25, 0.3) is 0 Å². The molecule has 17 heavy (non-hydrogen) atoms. The summed E-state index contributed by atoms with van der Waals surface area (Å²) in [4.78, 5) is 0.275. The van der Waals surface area contributed by atoms with Crippen molar-refractivity contribution in [2.75, 3.05) is 12.8 Å². The summed E-state index contributed by atoms with van der Waals surface area (Å²) in [5, 5.41) is 7.45. The van der Waals surface area contributed by atoms with E-state index in [4.69, 9.17) is 0 Å². The highest BCUT2D eigenvalue weighted by molar-refractivity contribution is 7.90. The van der Waals surface area contributed by atoms with Crippen molar-refractivity contribution in [2.45, 2.75) is 38.3 Å². The van der Waals surface area contributed by atoms with Crippen LogP contribution in [0.1, 0.15) is 20.8 Å². The van der Waals surface area contributed by atoms with Gasteiger partial charge in [-0.15, -0.1) is 0 Å². The van der Waals surface area contributed by atoms with Gasteiger partial charge in [-0.2, -0.15) is 5.10 Å². The molecule has 0 aliphatic rings. The van der Waals surface area contributed by atoms with E-state index < -0.39 is 9.84 Å². The quantitative estimate of drug-likeness (QED) is 0.825. The molecule has 1 unspecified atom stereocenters. The molecule has 98 valence electrons. The fourth-order valence-electron chi connectivity index (χ4n) is 1.61. The lowest BCUT2D eigenvalue weighted by molar-refractivity contribution is 0.348. The van der Waals surface area contributed by atoms with Crippen molar-refractivity contribution in [3.63, 3.8) is 0 Å². The van der Waals surface area contributed by atoms with Gasteiger partial charge >= 0.3 is 0 Å². The van der Waals surface area contributed by atoms with Gasteiger partial charge in [-0.25, -0.2) is 8.42 Å². The molecule has 0 saturated carbocycles. The Balaban J connectivity index is 2.77. The molecule has 6 heteroatoms. The summed E-state index contributed by atoms with van der Waals surface area (Å²) in [5.74, 6) is 0.473. The molecule has 0 bridgehead atoms. The molecule has 1 rings (SSSR count). The Bertz CT molecular complexity index is 451. The van der Waals surface area contributed by atoms with E-state index >= 15 is 0 Å². The summed E-state index contributed by atoms with van der Waals surface area (Å²) < 4.78 is 24.3. The molecule has 0 amide bonds. The lowest BCUT2D eigenvalue weighted by Crippen LogP contribution is -2.37. The first-order valence-electron chi connectivity index (χ1n) is 5.80. The van der Waals surface area contributed by atoms with Crippen LogP contribution in [0.2, 0.25) is 0 Å². The van der Waals surface area contributed by atoms with Crippen LogP contribution in [-0.2, 0) is 16.4 Å². The summed E-state index contributed by atoms with van der Waals surface area (Å²) >= 11 is 0. The number of nitrogens with zero attached hydrogens (tertiary/aromatic N) is 2. The molecule has 0 fully saturated rings. The molecule has 0 aliphatic carbocycles. The van der Waals surface area contributed by atoms with Gasteiger partial charge in [0.2, 0.25) is 0 Å². The van der Waals surface area contributed by atoms with Crippen molar-refractivity contribution in [3.8, 4) is 0 Å². The van der Waals surface area contributed by atoms with Crippen LogP contribution in [-0.4, -0.2) is 37.0 Å². The van der Waals surface area contributed by atoms with Crippen molar-refractivity contribution in [1.82, 2.24) is 15.1 Å². The number of sulfone groups is 1. The molecule has 1 aromatic rings. The predicted octanol–water partition coefficient (Wildman–Crippen LogP) is 0.921. The smallest absolute Gasteiger partial charge is 0.178 e. The van der Waals surface area contributed by atoms with Gasteiger partial charge in [-0.1, -0.05) is 20.8 Å². The molecule has 0 saturated heterocycles. The minimum absolute atomic E-state index is 0.275. The van der Waals surface area contributed by atoms with Gasteiger partial charge in [0, 0.05) is 18.5 Å². The molecule has 0 radical (unpaired) electrons. The van der Waals surface area contributed by atoms with Crippen molar-refractivity contribution < 1.29 is 8.42 Å². The molecule has 0 spiro atoms. The van der Waals surface area contributed by atoms with Crippen LogP contribution < -0.4 is 5.32 Å². The highest BCUT2D eigenvalue weighted by Crippen LogP contribution is 2.09. The molecule has 1 aromatic heterocycles. The van der Waals surface area contributed by atoms with Gasteiger partial charge in [0.15, 0.2) is 9.84 Å². The van der Waals surface area contributed by atoms with E-state index in [-0.39, 0.29) is 4.90 Å². The first-order valence-corrected chi connectivity index (χ1v) is 7.69. The van der Waals surface area contributed by atoms with Gasteiger partial charge in [-0.3, -0.25) is 4.68 Å². The Kier molecular flexibility index (Phi) is 4.70. The molecular weight excluding hydrogens is 238 g/mol. The van der Waals surface area contributed by atoms with E-state index in [1.807, 2.05) is 0 Å². The molecule has 5 nitrogen and oxygen atoms in total. The Morgan fingerprint density at radius 2 is 2.12 bits per heavy atom. The minimum atomic E-state index is -3.15. The summed E-state index contributed by atoms with van der Waals surface area (Å²) in [6.45, 7) is 7.90. The number of aromatic nitrogens is 2. The van der Waals surface area contributed by atoms with E-state index in [9.17, 15) is 8.42 Å². The molecule has 0 aromatic carbocycles. The normalized spacial score (nSPS) is 14.2. The number of hydrogen-bond donors (Lipinski definition) is 1. The van der Waals surface area contributed by atoms with Gasteiger partial charge in [0.1, 0.15) is 4.90 Å². The lowest BCUT2D eigenvalue weighted by Gasteiger charge is -2.21. The second-order valence-electron chi connectivity index (χ2n) is 4.58. The summed E-state index contributed by atoms with van der Waals surface area (Å²) in [6, 6.07) is 0.298. The van der Waals surface area contributed by atoms with Crippen LogP contribution in [0.5, 0.6) is 0 Å². The first kappa shape index (κ1) is 14.2. The highest BCUT2D eigenvalue weighted by atomic mass is 32.2.